The van der Waals surface area contributed by atoms with Gasteiger partial charge in [0.25, 0.3) is 0 Å². The number of fused-ring (bicyclic) bond motifs is 2. The van der Waals surface area contributed by atoms with E-state index in [0.29, 0.717) is 36.5 Å². The normalized spacial score (nSPS) is 24.6. The first-order valence-electron chi connectivity index (χ1n) is 9.67. The Bertz CT molecular complexity index is 1000. The van der Waals surface area contributed by atoms with Crippen LogP contribution in [0.15, 0.2) is 42.6 Å². The van der Waals surface area contributed by atoms with Crippen LogP contribution in [-0.4, -0.2) is 32.6 Å². The largest absolute Gasteiger partial charge is 0.420 e. The molecule has 1 aliphatic heterocycles. The molecule has 2 aliphatic rings. The van der Waals surface area contributed by atoms with E-state index in [1.54, 1.807) is 12.3 Å². The third-order valence-corrected chi connectivity index (χ3v) is 6.18. The lowest BCUT2D eigenvalue weighted by Gasteiger charge is -2.22. The molecule has 0 radical (unpaired) electrons. The number of benzene rings is 1. The van der Waals surface area contributed by atoms with Gasteiger partial charge in [-0.2, -0.15) is 13.2 Å². The van der Waals surface area contributed by atoms with E-state index in [1.807, 2.05) is 13.0 Å². The first kappa shape index (κ1) is 17.7. The Morgan fingerprint density at radius 1 is 1.04 bits per heavy atom. The summed E-state index contributed by atoms with van der Waals surface area (Å²) in [6, 6.07) is 12.0. The molecule has 2 atom stereocenters. The molecule has 2 fully saturated rings. The number of aryl methyl sites for hydroxylation is 1. The van der Waals surface area contributed by atoms with Gasteiger partial charge in [0, 0.05) is 32.3 Å². The lowest BCUT2D eigenvalue weighted by molar-refractivity contribution is -0.137. The molecule has 2 unspecified atom stereocenters. The topological polar surface area (TPSA) is 33.4 Å². The van der Waals surface area contributed by atoms with Crippen LogP contribution in [0.5, 0.6) is 0 Å². The molecule has 0 bridgehead atoms. The molecule has 4 nitrogen and oxygen atoms in total. The van der Waals surface area contributed by atoms with E-state index in [4.69, 9.17) is 0 Å². The van der Waals surface area contributed by atoms with Gasteiger partial charge >= 0.3 is 6.18 Å². The van der Waals surface area contributed by atoms with Crippen LogP contribution < -0.4 is 0 Å². The summed E-state index contributed by atoms with van der Waals surface area (Å²) < 4.78 is 43.0. The van der Waals surface area contributed by atoms with Gasteiger partial charge in [0.1, 0.15) is 11.4 Å². The maximum atomic E-state index is 13.8. The average molecular weight is 386 g/mol. The van der Waals surface area contributed by atoms with E-state index in [1.165, 1.54) is 9.96 Å². The second kappa shape index (κ2) is 6.30. The Balaban J connectivity index is 1.38. The van der Waals surface area contributed by atoms with E-state index in [9.17, 15) is 13.2 Å². The Kier molecular flexibility index (Phi) is 3.98. The lowest BCUT2D eigenvalue weighted by Crippen LogP contribution is -2.26. The van der Waals surface area contributed by atoms with Crippen molar-refractivity contribution in [3.63, 3.8) is 0 Å². The summed E-state index contributed by atoms with van der Waals surface area (Å²) in [5.41, 5.74) is 0.897. The molecule has 1 saturated carbocycles. The molecule has 1 aliphatic carbocycles. The minimum absolute atomic E-state index is 0.0895. The number of pyridine rings is 1. The molecule has 5 rings (SSSR count). The molecule has 1 saturated heterocycles. The fourth-order valence-electron chi connectivity index (χ4n) is 4.88. The van der Waals surface area contributed by atoms with E-state index < -0.39 is 11.7 Å². The number of hydrogen-bond donors (Lipinski definition) is 0. The summed E-state index contributed by atoms with van der Waals surface area (Å²) in [5.74, 6) is 2.21. The standard InChI is InChI=1S/C21H21F3N4/c1-2-17-25-26-20-19(21(22,23)24)14(8-9-28(17)20)10-27-11-15-16(12-27)18(15)13-6-4-3-5-7-13/h3-9,15-16,18H,2,10-12H2,1H3. The number of hydrogen-bond acceptors (Lipinski definition) is 3. The highest BCUT2D eigenvalue weighted by molar-refractivity contribution is 5.53. The number of rotatable bonds is 4. The van der Waals surface area contributed by atoms with Gasteiger partial charge in [-0.15, -0.1) is 10.2 Å². The average Bonchev–Trinajstić information content (AvgIpc) is 3.01. The highest BCUT2D eigenvalue weighted by atomic mass is 19.4. The maximum Gasteiger partial charge on any atom is 0.420 e. The van der Waals surface area contributed by atoms with Crippen LogP contribution in [0.4, 0.5) is 13.2 Å². The summed E-state index contributed by atoms with van der Waals surface area (Å²) in [7, 11) is 0. The molecule has 146 valence electrons. The Morgan fingerprint density at radius 3 is 2.39 bits per heavy atom. The Labute approximate surface area is 161 Å². The van der Waals surface area contributed by atoms with Crippen LogP contribution in [-0.2, 0) is 19.1 Å². The van der Waals surface area contributed by atoms with E-state index in [-0.39, 0.29) is 11.2 Å². The van der Waals surface area contributed by atoms with Crippen LogP contribution >= 0.6 is 0 Å². The third-order valence-electron chi connectivity index (χ3n) is 6.18. The zero-order valence-corrected chi connectivity index (χ0v) is 15.5. The van der Waals surface area contributed by atoms with Crippen molar-refractivity contribution < 1.29 is 13.2 Å². The van der Waals surface area contributed by atoms with Crippen molar-refractivity contribution in [1.82, 2.24) is 19.5 Å². The molecule has 1 aromatic carbocycles. The Hall–Kier alpha value is -2.41. The fourth-order valence-corrected chi connectivity index (χ4v) is 4.88. The molecule has 28 heavy (non-hydrogen) atoms. The minimum Gasteiger partial charge on any atom is -0.298 e. The number of aromatic nitrogens is 3. The van der Waals surface area contributed by atoms with Gasteiger partial charge in [-0.05, 0) is 34.9 Å². The molecule has 3 heterocycles. The molecule has 3 aromatic rings. The molecule has 0 N–H and O–H groups in total. The van der Waals surface area contributed by atoms with E-state index in [2.05, 4.69) is 39.4 Å². The summed E-state index contributed by atoms with van der Waals surface area (Å²) in [6.07, 6.45) is -2.25. The van der Waals surface area contributed by atoms with Gasteiger partial charge in [-0.25, -0.2) is 0 Å². The van der Waals surface area contributed by atoms with E-state index in [0.717, 1.165) is 13.1 Å². The fraction of sp³-hybridized carbons (Fsp3) is 0.429. The molecular formula is C21H21F3N4. The van der Waals surface area contributed by atoms with Crippen LogP contribution in [0.25, 0.3) is 5.65 Å². The van der Waals surface area contributed by atoms with E-state index >= 15 is 0 Å². The van der Waals surface area contributed by atoms with Gasteiger partial charge in [-0.3, -0.25) is 9.30 Å². The van der Waals surface area contributed by atoms with Gasteiger partial charge in [0.15, 0.2) is 5.65 Å². The summed E-state index contributed by atoms with van der Waals surface area (Å²) >= 11 is 0. The monoisotopic (exact) mass is 386 g/mol. The molecule has 0 spiro atoms. The van der Waals surface area contributed by atoms with Crippen molar-refractivity contribution in [2.45, 2.75) is 32.0 Å². The second-order valence-electron chi connectivity index (χ2n) is 7.84. The van der Waals surface area contributed by atoms with Gasteiger partial charge in [-0.1, -0.05) is 37.3 Å². The highest BCUT2D eigenvalue weighted by Gasteiger charge is 2.56. The van der Waals surface area contributed by atoms with Gasteiger partial charge in [0.2, 0.25) is 0 Å². The quantitative estimate of drug-likeness (QED) is 0.675. The van der Waals surface area contributed by atoms with Crippen molar-refractivity contribution in [3.8, 4) is 0 Å². The number of piperidine rings is 1. The van der Waals surface area contributed by atoms with Crippen LogP contribution in [0.2, 0.25) is 0 Å². The summed E-state index contributed by atoms with van der Waals surface area (Å²) in [4.78, 5) is 2.15. The van der Waals surface area contributed by atoms with Crippen molar-refractivity contribution in [2.75, 3.05) is 13.1 Å². The Morgan fingerprint density at radius 2 is 1.75 bits per heavy atom. The van der Waals surface area contributed by atoms with Crippen molar-refractivity contribution in [3.05, 3.63) is 65.1 Å². The number of halogens is 3. The molecule has 7 heteroatoms. The van der Waals surface area contributed by atoms with Crippen LogP contribution in [0.1, 0.15) is 35.4 Å². The molecule has 0 amide bonds. The number of likely N-dealkylation sites (tertiary alicyclic amines) is 1. The predicted octanol–water partition coefficient (Wildman–Crippen LogP) is 4.16. The van der Waals surface area contributed by atoms with Crippen molar-refractivity contribution in [1.29, 1.82) is 0 Å². The lowest BCUT2D eigenvalue weighted by atomic mass is 10.1. The first-order chi connectivity index (χ1) is 13.5. The smallest absolute Gasteiger partial charge is 0.298 e. The molecule has 2 aromatic heterocycles. The van der Waals surface area contributed by atoms with Crippen molar-refractivity contribution in [2.24, 2.45) is 11.8 Å². The van der Waals surface area contributed by atoms with Gasteiger partial charge < -0.3 is 0 Å². The second-order valence-corrected chi connectivity index (χ2v) is 7.84. The SMILES string of the molecule is CCc1nnc2c(C(F)(F)F)c(CN3CC4C(C3)C4c3ccccc3)ccn12. The summed E-state index contributed by atoms with van der Waals surface area (Å²) in [5, 5.41) is 7.76. The van der Waals surface area contributed by atoms with Gasteiger partial charge in [0.05, 0.1) is 0 Å². The van der Waals surface area contributed by atoms with Crippen molar-refractivity contribution >= 4 is 5.65 Å². The highest BCUT2D eigenvalue weighted by Crippen LogP contribution is 2.58. The minimum atomic E-state index is -4.45. The third kappa shape index (κ3) is 2.80. The predicted molar refractivity (Wildman–Crippen MR) is 98.8 cm³/mol. The number of nitrogens with zero attached hydrogens (tertiary/aromatic N) is 4. The van der Waals surface area contributed by atoms with Crippen LogP contribution in [0, 0.1) is 11.8 Å². The summed E-state index contributed by atoms with van der Waals surface area (Å²) in [6.45, 7) is 3.85. The number of alkyl halides is 3. The zero-order chi connectivity index (χ0) is 19.5. The maximum absolute atomic E-state index is 13.8. The van der Waals surface area contributed by atoms with Crippen LogP contribution in [0.3, 0.4) is 0 Å². The zero-order valence-electron chi connectivity index (χ0n) is 15.5. The first-order valence-corrected chi connectivity index (χ1v) is 9.67. The molecular weight excluding hydrogens is 365 g/mol.